The monoisotopic (exact) mass is 360 g/mol. The zero-order valence-corrected chi connectivity index (χ0v) is 14.5. The molecule has 3 aromatic rings. The summed E-state index contributed by atoms with van der Waals surface area (Å²) in [5.74, 6) is 0.800. The topological polar surface area (TPSA) is 93.4 Å². The first-order valence-corrected chi connectivity index (χ1v) is 8.06. The van der Waals surface area contributed by atoms with E-state index in [4.69, 9.17) is 16.3 Å². The first kappa shape index (κ1) is 17.0. The van der Waals surface area contributed by atoms with Crippen LogP contribution < -0.4 is 10.6 Å². The number of amides is 1. The van der Waals surface area contributed by atoms with E-state index in [0.717, 1.165) is 5.56 Å². The van der Waals surface area contributed by atoms with Gasteiger partial charge in [-0.05, 0) is 31.5 Å². The Morgan fingerprint density at radius 2 is 2.20 bits per heavy atom. The van der Waals surface area contributed by atoms with Crippen molar-refractivity contribution in [1.82, 2.24) is 19.6 Å². The van der Waals surface area contributed by atoms with E-state index < -0.39 is 6.09 Å². The van der Waals surface area contributed by atoms with Crippen molar-refractivity contribution in [2.24, 2.45) is 0 Å². The number of halogens is 1. The van der Waals surface area contributed by atoms with Gasteiger partial charge in [0, 0.05) is 24.0 Å². The SMILES string of the molecule is CC(C)OC(=O)Nc1nnc2c(NCc3cccc(Cl)c3)nccn12. The van der Waals surface area contributed by atoms with E-state index in [2.05, 4.69) is 25.8 Å². The summed E-state index contributed by atoms with van der Waals surface area (Å²) < 4.78 is 6.66. The van der Waals surface area contributed by atoms with Crippen molar-refractivity contribution < 1.29 is 9.53 Å². The van der Waals surface area contributed by atoms with E-state index >= 15 is 0 Å². The number of carbonyl (C=O) groups excluding carboxylic acids is 1. The minimum Gasteiger partial charge on any atom is -0.447 e. The summed E-state index contributed by atoms with van der Waals surface area (Å²) in [7, 11) is 0. The average Bonchev–Trinajstić information content (AvgIpc) is 2.96. The molecule has 8 nitrogen and oxygen atoms in total. The van der Waals surface area contributed by atoms with Gasteiger partial charge in [-0.15, -0.1) is 10.2 Å². The molecule has 0 saturated heterocycles. The molecule has 0 aliphatic heterocycles. The van der Waals surface area contributed by atoms with Crippen molar-refractivity contribution in [3.05, 3.63) is 47.2 Å². The maximum Gasteiger partial charge on any atom is 0.414 e. The van der Waals surface area contributed by atoms with E-state index in [9.17, 15) is 4.79 Å². The molecule has 0 bridgehead atoms. The van der Waals surface area contributed by atoms with Crippen LogP contribution in [0.5, 0.6) is 0 Å². The molecule has 0 spiro atoms. The lowest BCUT2D eigenvalue weighted by atomic mass is 10.2. The van der Waals surface area contributed by atoms with Gasteiger partial charge in [0.25, 0.3) is 0 Å². The molecule has 0 aliphatic carbocycles. The molecule has 3 rings (SSSR count). The number of nitrogens with one attached hydrogen (secondary N) is 2. The Kier molecular flexibility index (Phi) is 4.99. The predicted molar refractivity (Wildman–Crippen MR) is 94.8 cm³/mol. The van der Waals surface area contributed by atoms with Crippen LogP contribution in [0.25, 0.3) is 5.65 Å². The standard InChI is InChI=1S/C16H17ClN6O2/c1-10(2)25-16(24)20-15-22-21-14-13(18-6-7-23(14)15)19-9-11-4-3-5-12(17)8-11/h3-8,10H,9H2,1-2H3,(H,18,19)(H,20,22,24). The Labute approximate surface area is 149 Å². The zero-order valence-electron chi connectivity index (χ0n) is 13.7. The molecule has 130 valence electrons. The number of hydrogen-bond donors (Lipinski definition) is 2. The lowest BCUT2D eigenvalue weighted by Crippen LogP contribution is -2.19. The number of carbonyl (C=O) groups is 1. The molecule has 0 unspecified atom stereocenters. The van der Waals surface area contributed by atoms with Gasteiger partial charge in [-0.2, -0.15) is 0 Å². The molecule has 25 heavy (non-hydrogen) atoms. The Balaban J connectivity index is 1.77. The van der Waals surface area contributed by atoms with Gasteiger partial charge in [-0.25, -0.2) is 9.78 Å². The minimum absolute atomic E-state index is 0.226. The van der Waals surface area contributed by atoms with E-state index in [-0.39, 0.29) is 12.1 Å². The summed E-state index contributed by atoms with van der Waals surface area (Å²) in [5, 5.41) is 14.5. The second-order valence-electron chi connectivity index (χ2n) is 5.56. The molecule has 2 heterocycles. The minimum atomic E-state index is -0.588. The average molecular weight is 361 g/mol. The van der Waals surface area contributed by atoms with Crippen LogP contribution in [-0.2, 0) is 11.3 Å². The highest BCUT2D eigenvalue weighted by atomic mass is 35.5. The van der Waals surface area contributed by atoms with Gasteiger partial charge in [0.1, 0.15) is 0 Å². The van der Waals surface area contributed by atoms with Gasteiger partial charge in [0.2, 0.25) is 11.6 Å². The van der Waals surface area contributed by atoms with Crippen LogP contribution in [0.4, 0.5) is 16.6 Å². The van der Waals surface area contributed by atoms with E-state index in [1.165, 1.54) is 0 Å². The second kappa shape index (κ2) is 7.35. The van der Waals surface area contributed by atoms with Crippen molar-refractivity contribution in [3.8, 4) is 0 Å². The van der Waals surface area contributed by atoms with Gasteiger partial charge in [-0.3, -0.25) is 9.72 Å². The van der Waals surface area contributed by atoms with Gasteiger partial charge in [-0.1, -0.05) is 23.7 Å². The summed E-state index contributed by atoms with van der Waals surface area (Å²) in [6.07, 6.45) is 2.44. The van der Waals surface area contributed by atoms with Crippen LogP contribution >= 0.6 is 11.6 Å². The lowest BCUT2D eigenvalue weighted by molar-refractivity contribution is 0.129. The van der Waals surface area contributed by atoms with Crippen molar-refractivity contribution >= 4 is 35.1 Å². The van der Waals surface area contributed by atoms with E-state index in [0.29, 0.717) is 23.0 Å². The first-order valence-electron chi connectivity index (χ1n) is 7.68. The molecule has 2 N–H and O–H groups in total. The molecular formula is C16H17ClN6O2. The number of hydrogen-bond acceptors (Lipinski definition) is 6. The number of anilines is 2. The van der Waals surface area contributed by atoms with Crippen LogP contribution in [0.2, 0.25) is 5.02 Å². The molecule has 0 aliphatic rings. The normalized spacial score (nSPS) is 10.9. The largest absolute Gasteiger partial charge is 0.447 e. The number of aromatic nitrogens is 4. The van der Waals surface area contributed by atoms with Gasteiger partial charge in [0.05, 0.1) is 6.10 Å². The summed E-state index contributed by atoms with van der Waals surface area (Å²) in [4.78, 5) is 16.0. The fourth-order valence-corrected chi connectivity index (χ4v) is 2.42. The van der Waals surface area contributed by atoms with Crippen LogP contribution in [-0.4, -0.2) is 31.8 Å². The number of nitrogens with zero attached hydrogens (tertiary/aromatic N) is 4. The van der Waals surface area contributed by atoms with Crippen LogP contribution in [0.3, 0.4) is 0 Å². The Morgan fingerprint density at radius 3 is 2.96 bits per heavy atom. The van der Waals surface area contributed by atoms with E-state index in [1.54, 1.807) is 30.6 Å². The van der Waals surface area contributed by atoms with Gasteiger partial charge in [0.15, 0.2) is 5.82 Å². The van der Waals surface area contributed by atoms with Crippen molar-refractivity contribution in [3.63, 3.8) is 0 Å². The van der Waals surface area contributed by atoms with Crippen LogP contribution in [0.1, 0.15) is 19.4 Å². The van der Waals surface area contributed by atoms with Crippen LogP contribution in [0.15, 0.2) is 36.7 Å². The highest BCUT2D eigenvalue weighted by Crippen LogP contribution is 2.17. The number of fused-ring (bicyclic) bond motifs is 1. The molecule has 2 aromatic heterocycles. The highest BCUT2D eigenvalue weighted by molar-refractivity contribution is 6.30. The first-order chi connectivity index (χ1) is 12.0. The molecule has 1 amide bonds. The van der Waals surface area contributed by atoms with Crippen molar-refractivity contribution in [2.75, 3.05) is 10.6 Å². The van der Waals surface area contributed by atoms with Crippen molar-refractivity contribution in [1.29, 1.82) is 0 Å². The Bertz CT molecular complexity index is 895. The molecular weight excluding hydrogens is 344 g/mol. The van der Waals surface area contributed by atoms with Gasteiger partial charge < -0.3 is 10.1 Å². The Hall–Kier alpha value is -2.87. The quantitative estimate of drug-likeness (QED) is 0.724. The summed E-state index contributed by atoms with van der Waals surface area (Å²) >= 11 is 5.99. The zero-order chi connectivity index (χ0) is 17.8. The molecule has 0 atom stereocenters. The lowest BCUT2D eigenvalue weighted by Gasteiger charge is -2.09. The van der Waals surface area contributed by atoms with Gasteiger partial charge >= 0.3 is 6.09 Å². The Morgan fingerprint density at radius 1 is 1.36 bits per heavy atom. The van der Waals surface area contributed by atoms with Crippen molar-refractivity contribution in [2.45, 2.75) is 26.5 Å². The number of rotatable bonds is 5. The third-order valence-corrected chi connectivity index (χ3v) is 3.47. The smallest absolute Gasteiger partial charge is 0.414 e. The number of benzene rings is 1. The summed E-state index contributed by atoms with van der Waals surface area (Å²) in [5.41, 5.74) is 1.50. The highest BCUT2D eigenvalue weighted by Gasteiger charge is 2.14. The maximum atomic E-state index is 11.7. The fraction of sp³-hybridized carbons (Fsp3) is 0.250. The summed E-state index contributed by atoms with van der Waals surface area (Å²) in [6.45, 7) is 4.06. The summed E-state index contributed by atoms with van der Waals surface area (Å²) in [6, 6.07) is 7.52. The fourth-order valence-electron chi connectivity index (χ4n) is 2.20. The molecule has 0 saturated carbocycles. The molecule has 1 aromatic carbocycles. The third-order valence-electron chi connectivity index (χ3n) is 3.23. The molecule has 9 heteroatoms. The number of ether oxygens (including phenoxy) is 1. The molecule has 0 fully saturated rings. The predicted octanol–water partition coefficient (Wildman–Crippen LogP) is 3.35. The second-order valence-corrected chi connectivity index (χ2v) is 5.99. The van der Waals surface area contributed by atoms with Crippen LogP contribution in [0, 0.1) is 0 Å². The van der Waals surface area contributed by atoms with E-state index in [1.807, 2.05) is 24.3 Å². The molecule has 0 radical (unpaired) electrons. The third kappa shape index (κ3) is 4.16. The maximum absolute atomic E-state index is 11.7.